The summed E-state index contributed by atoms with van der Waals surface area (Å²) < 4.78 is 0. The van der Waals surface area contributed by atoms with E-state index in [1.807, 2.05) is 0 Å². The third kappa shape index (κ3) is 4.74. The molecule has 4 heteroatoms. The number of halogens is 2. The van der Waals surface area contributed by atoms with E-state index in [9.17, 15) is 0 Å². The maximum Gasteiger partial charge on any atom is 0.0342 e. The summed E-state index contributed by atoms with van der Waals surface area (Å²) in [4.78, 5) is 0. The van der Waals surface area contributed by atoms with Crippen molar-refractivity contribution in [1.29, 1.82) is 0 Å². The van der Waals surface area contributed by atoms with E-state index in [1.54, 1.807) is 0 Å². The van der Waals surface area contributed by atoms with Gasteiger partial charge in [-0.05, 0) is 51.4 Å². The highest BCUT2D eigenvalue weighted by molar-refractivity contribution is 5.85. The molecule has 0 saturated carbocycles. The van der Waals surface area contributed by atoms with Crippen molar-refractivity contribution in [1.82, 2.24) is 5.32 Å². The number of anilines is 1. The number of aryl methyl sites for hydroxylation is 1. The summed E-state index contributed by atoms with van der Waals surface area (Å²) in [5, 5.41) is 6.98. The highest BCUT2D eigenvalue weighted by Gasteiger charge is 2.20. The normalized spacial score (nSPS) is 20.0. The van der Waals surface area contributed by atoms with Gasteiger partial charge in [-0.3, -0.25) is 0 Å². The molecule has 1 saturated heterocycles. The van der Waals surface area contributed by atoms with Gasteiger partial charge >= 0.3 is 0 Å². The van der Waals surface area contributed by atoms with Gasteiger partial charge in [-0.2, -0.15) is 0 Å². The van der Waals surface area contributed by atoms with Gasteiger partial charge in [-0.1, -0.05) is 17.7 Å². The minimum absolute atomic E-state index is 0. The van der Waals surface area contributed by atoms with Crippen LogP contribution in [0.15, 0.2) is 24.3 Å². The molecule has 1 aliphatic rings. The number of hydrogen-bond donors (Lipinski definition) is 2. The molecule has 1 aliphatic heterocycles. The molecule has 1 fully saturated rings. The van der Waals surface area contributed by atoms with Crippen molar-refractivity contribution >= 4 is 30.5 Å². The first-order valence-corrected chi connectivity index (χ1v) is 5.79. The molecule has 0 aromatic heterocycles. The van der Waals surface area contributed by atoms with Gasteiger partial charge < -0.3 is 10.6 Å². The molecule has 1 aromatic carbocycles. The molecule has 0 bridgehead atoms. The zero-order valence-corrected chi connectivity index (χ0v) is 12.0. The summed E-state index contributed by atoms with van der Waals surface area (Å²) in [6, 6.07) is 9.19. The van der Waals surface area contributed by atoms with Crippen LogP contribution in [0.3, 0.4) is 0 Å². The van der Waals surface area contributed by atoms with Crippen molar-refractivity contribution in [3.63, 3.8) is 0 Å². The fourth-order valence-corrected chi connectivity index (χ4v) is 2.13. The first kappa shape index (κ1) is 16.6. The van der Waals surface area contributed by atoms with Gasteiger partial charge in [0.1, 0.15) is 0 Å². The molecule has 2 nitrogen and oxygen atoms in total. The smallest absolute Gasteiger partial charge is 0.0342 e. The fraction of sp³-hybridized carbons (Fsp3) is 0.538. The molecule has 0 spiro atoms. The minimum Gasteiger partial charge on any atom is -0.382 e. The first-order chi connectivity index (χ1) is 7.25. The quantitative estimate of drug-likeness (QED) is 0.886. The lowest BCUT2D eigenvalue weighted by Gasteiger charge is -2.21. The van der Waals surface area contributed by atoms with Crippen molar-refractivity contribution in [3.8, 4) is 0 Å². The van der Waals surface area contributed by atoms with Gasteiger partial charge in [0, 0.05) is 11.7 Å². The van der Waals surface area contributed by atoms with E-state index in [4.69, 9.17) is 0 Å². The molecule has 98 valence electrons. The maximum absolute atomic E-state index is 3.57. The van der Waals surface area contributed by atoms with E-state index < -0.39 is 0 Å². The second kappa shape index (κ2) is 7.80. The summed E-state index contributed by atoms with van der Waals surface area (Å²) in [6.45, 7) is 6.72. The lowest BCUT2D eigenvalue weighted by molar-refractivity contribution is 0.510. The Morgan fingerprint density at radius 2 is 1.88 bits per heavy atom. The monoisotopic (exact) mass is 276 g/mol. The van der Waals surface area contributed by atoms with Crippen LogP contribution in [0.2, 0.25) is 0 Å². The highest BCUT2D eigenvalue weighted by Crippen LogP contribution is 2.17. The molecular formula is C13H22Cl2N2. The zero-order valence-electron chi connectivity index (χ0n) is 10.4. The first-order valence-electron chi connectivity index (χ1n) is 5.79. The topological polar surface area (TPSA) is 24.1 Å². The number of hydrogen-bond acceptors (Lipinski definition) is 2. The Bertz CT molecular complexity index is 308. The highest BCUT2D eigenvalue weighted by atomic mass is 35.5. The van der Waals surface area contributed by atoms with E-state index in [1.165, 1.54) is 24.2 Å². The van der Waals surface area contributed by atoms with Gasteiger partial charge in [0.05, 0.1) is 0 Å². The Morgan fingerprint density at radius 3 is 2.41 bits per heavy atom. The number of rotatable bonds is 3. The van der Waals surface area contributed by atoms with Crippen LogP contribution in [-0.2, 0) is 0 Å². The predicted octanol–water partition coefficient (Wildman–Crippen LogP) is 3.25. The molecule has 2 unspecified atom stereocenters. The van der Waals surface area contributed by atoms with Gasteiger partial charge in [0.25, 0.3) is 0 Å². The van der Waals surface area contributed by atoms with Gasteiger partial charge in [0.2, 0.25) is 0 Å². The van der Waals surface area contributed by atoms with Crippen LogP contribution in [0.4, 0.5) is 5.69 Å². The van der Waals surface area contributed by atoms with Crippen LogP contribution in [0.25, 0.3) is 0 Å². The number of benzene rings is 1. The summed E-state index contributed by atoms with van der Waals surface area (Å²) in [5.41, 5.74) is 2.55. The SMILES string of the molecule is Cc1ccc(NC(C)C2CCNC2)cc1.Cl.Cl. The molecule has 0 aliphatic carbocycles. The standard InChI is InChI=1S/C13H20N2.2ClH/c1-10-3-5-13(6-4-10)15-11(2)12-7-8-14-9-12;;/h3-6,11-12,14-15H,7-9H2,1-2H3;2*1H. The van der Waals surface area contributed by atoms with Crippen molar-refractivity contribution < 1.29 is 0 Å². The molecule has 0 amide bonds. The largest absolute Gasteiger partial charge is 0.382 e. The Balaban J connectivity index is 0.00000128. The number of nitrogens with one attached hydrogen (secondary N) is 2. The predicted molar refractivity (Wildman–Crippen MR) is 79.7 cm³/mol. The van der Waals surface area contributed by atoms with E-state index in [0.29, 0.717) is 6.04 Å². The molecular weight excluding hydrogens is 255 g/mol. The minimum atomic E-state index is 0. The molecule has 1 heterocycles. The maximum atomic E-state index is 3.57. The molecule has 17 heavy (non-hydrogen) atoms. The van der Waals surface area contributed by atoms with Crippen molar-refractivity contribution in [3.05, 3.63) is 29.8 Å². The Labute approximate surface area is 116 Å². The summed E-state index contributed by atoms with van der Waals surface area (Å²) in [7, 11) is 0. The molecule has 1 aromatic rings. The summed E-state index contributed by atoms with van der Waals surface area (Å²) >= 11 is 0. The van der Waals surface area contributed by atoms with Crippen LogP contribution in [-0.4, -0.2) is 19.1 Å². The third-order valence-electron chi connectivity index (χ3n) is 3.25. The van der Waals surface area contributed by atoms with Gasteiger partial charge in [0.15, 0.2) is 0 Å². The average Bonchev–Trinajstić information content (AvgIpc) is 2.74. The van der Waals surface area contributed by atoms with Gasteiger partial charge in [-0.25, -0.2) is 0 Å². The van der Waals surface area contributed by atoms with Crippen LogP contribution in [0.1, 0.15) is 18.9 Å². The Kier molecular flexibility index (Phi) is 7.60. The Morgan fingerprint density at radius 1 is 1.24 bits per heavy atom. The second-order valence-electron chi connectivity index (χ2n) is 4.55. The van der Waals surface area contributed by atoms with Gasteiger partial charge in [-0.15, -0.1) is 24.8 Å². The van der Waals surface area contributed by atoms with Crippen LogP contribution < -0.4 is 10.6 Å². The molecule has 2 rings (SSSR count). The third-order valence-corrected chi connectivity index (χ3v) is 3.25. The van der Waals surface area contributed by atoms with Crippen molar-refractivity contribution in [2.24, 2.45) is 5.92 Å². The average molecular weight is 277 g/mol. The molecule has 2 atom stereocenters. The van der Waals surface area contributed by atoms with Crippen LogP contribution in [0.5, 0.6) is 0 Å². The van der Waals surface area contributed by atoms with E-state index in [-0.39, 0.29) is 24.8 Å². The summed E-state index contributed by atoms with van der Waals surface area (Å²) in [6.07, 6.45) is 1.29. The lowest BCUT2D eigenvalue weighted by Crippen LogP contribution is -2.27. The van der Waals surface area contributed by atoms with Crippen molar-refractivity contribution in [2.45, 2.75) is 26.3 Å². The van der Waals surface area contributed by atoms with E-state index >= 15 is 0 Å². The van der Waals surface area contributed by atoms with Crippen LogP contribution >= 0.6 is 24.8 Å². The van der Waals surface area contributed by atoms with E-state index in [2.05, 4.69) is 48.7 Å². The second-order valence-corrected chi connectivity index (χ2v) is 4.55. The molecule has 0 radical (unpaired) electrons. The molecule has 2 N–H and O–H groups in total. The van der Waals surface area contributed by atoms with E-state index in [0.717, 1.165) is 12.5 Å². The van der Waals surface area contributed by atoms with Crippen molar-refractivity contribution in [2.75, 3.05) is 18.4 Å². The zero-order chi connectivity index (χ0) is 10.7. The fourth-order valence-electron chi connectivity index (χ4n) is 2.13. The van der Waals surface area contributed by atoms with Crippen LogP contribution in [0, 0.1) is 12.8 Å². The lowest BCUT2D eigenvalue weighted by atomic mass is 10.0. The Hall–Kier alpha value is -0.440. The summed E-state index contributed by atoms with van der Waals surface area (Å²) in [5.74, 6) is 0.770.